The van der Waals surface area contributed by atoms with Crippen LogP contribution in [0.2, 0.25) is 0 Å². The van der Waals surface area contributed by atoms with Crippen molar-refractivity contribution < 1.29 is 0 Å². The van der Waals surface area contributed by atoms with Crippen LogP contribution in [0.25, 0.3) is 0 Å². The lowest BCUT2D eigenvalue weighted by atomic mass is 10.1. The van der Waals surface area contributed by atoms with E-state index in [2.05, 4.69) is 15.9 Å². The summed E-state index contributed by atoms with van der Waals surface area (Å²) in [5.74, 6) is 0. The third-order valence-electron chi connectivity index (χ3n) is 1.39. The molecule has 0 aliphatic rings. The highest BCUT2D eigenvalue weighted by molar-refractivity contribution is 9.10. The van der Waals surface area contributed by atoms with Crippen molar-refractivity contribution in [2.75, 3.05) is 0 Å². The van der Waals surface area contributed by atoms with E-state index >= 15 is 0 Å². The fourth-order valence-corrected chi connectivity index (χ4v) is 1.33. The summed E-state index contributed by atoms with van der Waals surface area (Å²) < 4.78 is 0.855. The largest absolute Gasteiger partial charge is 0.308 e. The summed E-state index contributed by atoms with van der Waals surface area (Å²) in [6.45, 7) is 0. The molecule has 0 atom stereocenters. The van der Waals surface area contributed by atoms with E-state index in [1.807, 2.05) is 12.1 Å². The molecule has 0 amide bonds. The first-order valence-corrected chi connectivity index (χ1v) is 3.88. The third-order valence-corrected chi connectivity index (χ3v) is 2.08. The Kier molecular flexibility index (Phi) is 2.54. The molecule has 0 heterocycles. The zero-order valence-corrected chi connectivity index (χ0v) is 7.35. The van der Waals surface area contributed by atoms with Gasteiger partial charge in [-0.1, -0.05) is 28.1 Å². The van der Waals surface area contributed by atoms with Crippen LogP contribution < -0.4 is 0 Å². The monoisotopic (exact) mass is 210 g/mol. The summed E-state index contributed by atoms with van der Waals surface area (Å²) in [6, 6.07) is 5.50. The zero-order valence-electron chi connectivity index (χ0n) is 5.76. The lowest BCUT2D eigenvalue weighted by Crippen LogP contribution is -1.90. The van der Waals surface area contributed by atoms with Gasteiger partial charge in [-0.2, -0.15) is 0 Å². The SMILES string of the molecule is N=Cc1cccc(Br)c1C=N. The lowest BCUT2D eigenvalue weighted by Gasteiger charge is -1.99. The summed E-state index contributed by atoms with van der Waals surface area (Å²) in [6.07, 6.45) is 2.48. The van der Waals surface area contributed by atoms with Gasteiger partial charge in [0.25, 0.3) is 0 Å². The number of benzene rings is 1. The summed E-state index contributed by atoms with van der Waals surface area (Å²) in [5.41, 5.74) is 1.51. The van der Waals surface area contributed by atoms with Crippen LogP contribution in [0, 0.1) is 10.8 Å². The molecule has 0 aliphatic carbocycles. The lowest BCUT2D eigenvalue weighted by molar-refractivity contribution is 1.48. The summed E-state index contributed by atoms with van der Waals surface area (Å²) >= 11 is 3.29. The van der Waals surface area contributed by atoms with Crippen LogP contribution in [0.5, 0.6) is 0 Å². The first-order valence-electron chi connectivity index (χ1n) is 3.09. The number of rotatable bonds is 2. The fourth-order valence-electron chi connectivity index (χ4n) is 0.832. The van der Waals surface area contributed by atoms with Crippen molar-refractivity contribution in [3.8, 4) is 0 Å². The Morgan fingerprint density at radius 1 is 1.18 bits per heavy atom. The number of hydrogen-bond acceptors (Lipinski definition) is 2. The molecule has 0 saturated heterocycles. The van der Waals surface area contributed by atoms with Gasteiger partial charge < -0.3 is 10.8 Å². The Morgan fingerprint density at radius 3 is 2.36 bits per heavy atom. The quantitative estimate of drug-likeness (QED) is 0.706. The van der Waals surface area contributed by atoms with Gasteiger partial charge in [0.15, 0.2) is 0 Å². The van der Waals surface area contributed by atoms with Crippen molar-refractivity contribution in [2.24, 2.45) is 0 Å². The first-order chi connectivity index (χ1) is 5.29. The van der Waals surface area contributed by atoms with Crippen LogP contribution >= 0.6 is 15.9 Å². The maximum Gasteiger partial charge on any atom is 0.0269 e. The number of nitrogens with one attached hydrogen (secondary N) is 2. The van der Waals surface area contributed by atoms with Crippen molar-refractivity contribution >= 4 is 28.4 Å². The fraction of sp³-hybridized carbons (Fsp3) is 0. The summed E-state index contributed by atoms with van der Waals surface area (Å²) in [4.78, 5) is 0. The highest BCUT2D eigenvalue weighted by Gasteiger charge is 1.99. The maximum atomic E-state index is 7.07. The average Bonchev–Trinajstić information content (AvgIpc) is 2.04. The molecule has 0 aliphatic heterocycles. The zero-order chi connectivity index (χ0) is 8.27. The van der Waals surface area contributed by atoms with Crippen LogP contribution in [0.1, 0.15) is 11.1 Å². The Bertz CT molecular complexity index is 294. The molecule has 0 bridgehead atoms. The molecule has 2 N–H and O–H groups in total. The van der Waals surface area contributed by atoms with Gasteiger partial charge >= 0.3 is 0 Å². The van der Waals surface area contributed by atoms with E-state index in [1.54, 1.807) is 6.07 Å². The smallest absolute Gasteiger partial charge is 0.0269 e. The number of hydrogen-bond donors (Lipinski definition) is 2. The standard InChI is InChI=1S/C8H7BrN2/c9-8-3-1-2-6(4-10)7(8)5-11/h1-5,10-11H. The van der Waals surface area contributed by atoms with Crippen molar-refractivity contribution in [3.63, 3.8) is 0 Å². The Labute approximate surface area is 73.4 Å². The van der Waals surface area contributed by atoms with Gasteiger partial charge in [-0.3, -0.25) is 0 Å². The topological polar surface area (TPSA) is 47.7 Å². The van der Waals surface area contributed by atoms with Crippen LogP contribution in [-0.4, -0.2) is 12.4 Å². The van der Waals surface area contributed by atoms with Gasteiger partial charge in [0.05, 0.1) is 0 Å². The second kappa shape index (κ2) is 3.44. The molecule has 2 nitrogen and oxygen atoms in total. The summed E-state index contributed by atoms with van der Waals surface area (Å²) in [5, 5.41) is 14.1. The van der Waals surface area contributed by atoms with Crippen LogP contribution in [0.4, 0.5) is 0 Å². The Hall–Kier alpha value is -0.960. The molecule has 0 unspecified atom stereocenters. The van der Waals surface area contributed by atoms with Crippen molar-refractivity contribution in [2.45, 2.75) is 0 Å². The van der Waals surface area contributed by atoms with E-state index in [0.29, 0.717) is 0 Å². The van der Waals surface area contributed by atoms with Gasteiger partial charge in [0.1, 0.15) is 0 Å². The normalized spacial score (nSPS) is 9.18. The minimum atomic E-state index is 0.752. The van der Waals surface area contributed by atoms with E-state index in [9.17, 15) is 0 Å². The molecule has 0 fully saturated rings. The van der Waals surface area contributed by atoms with Crippen LogP contribution in [-0.2, 0) is 0 Å². The third kappa shape index (κ3) is 1.54. The molecule has 0 aromatic heterocycles. The van der Waals surface area contributed by atoms with Gasteiger partial charge in [-0.25, -0.2) is 0 Å². The molecule has 3 heteroatoms. The molecule has 0 saturated carbocycles. The predicted octanol–water partition coefficient (Wildman–Crippen LogP) is 2.44. The van der Waals surface area contributed by atoms with Gasteiger partial charge in [0, 0.05) is 28.0 Å². The molecule has 0 radical (unpaired) electrons. The molecule has 56 valence electrons. The highest BCUT2D eigenvalue weighted by atomic mass is 79.9. The predicted molar refractivity (Wildman–Crippen MR) is 49.9 cm³/mol. The summed E-state index contributed by atoms with van der Waals surface area (Å²) in [7, 11) is 0. The Morgan fingerprint density at radius 2 is 1.91 bits per heavy atom. The molecule has 1 aromatic carbocycles. The average molecular weight is 211 g/mol. The van der Waals surface area contributed by atoms with E-state index in [1.165, 1.54) is 12.4 Å². The van der Waals surface area contributed by atoms with Gasteiger partial charge in [-0.15, -0.1) is 0 Å². The Balaban J connectivity index is 3.35. The molecule has 11 heavy (non-hydrogen) atoms. The molecular weight excluding hydrogens is 204 g/mol. The van der Waals surface area contributed by atoms with Gasteiger partial charge in [-0.05, 0) is 6.07 Å². The van der Waals surface area contributed by atoms with E-state index in [4.69, 9.17) is 10.8 Å². The first kappa shape index (κ1) is 8.14. The maximum absolute atomic E-state index is 7.07. The molecular formula is C8H7BrN2. The highest BCUT2D eigenvalue weighted by Crippen LogP contribution is 2.16. The van der Waals surface area contributed by atoms with Crippen LogP contribution in [0.3, 0.4) is 0 Å². The van der Waals surface area contributed by atoms with Crippen molar-refractivity contribution in [1.82, 2.24) is 0 Å². The minimum Gasteiger partial charge on any atom is -0.308 e. The number of halogens is 1. The van der Waals surface area contributed by atoms with Gasteiger partial charge in [0.2, 0.25) is 0 Å². The van der Waals surface area contributed by atoms with E-state index in [-0.39, 0.29) is 0 Å². The molecule has 1 aromatic rings. The van der Waals surface area contributed by atoms with Crippen molar-refractivity contribution in [1.29, 1.82) is 10.8 Å². The minimum absolute atomic E-state index is 0.752. The molecule has 1 rings (SSSR count). The molecule has 0 spiro atoms. The van der Waals surface area contributed by atoms with E-state index in [0.717, 1.165) is 15.6 Å². The van der Waals surface area contributed by atoms with E-state index < -0.39 is 0 Å². The van der Waals surface area contributed by atoms with Crippen molar-refractivity contribution in [3.05, 3.63) is 33.8 Å². The second-order valence-corrected chi connectivity index (χ2v) is 2.89. The second-order valence-electron chi connectivity index (χ2n) is 2.03. The van der Waals surface area contributed by atoms with Crippen LogP contribution in [0.15, 0.2) is 22.7 Å².